The van der Waals surface area contributed by atoms with Crippen molar-refractivity contribution in [1.29, 1.82) is 0 Å². The fourth-order valence-corrected chi connectivity index (χ4v) is 2.41. The minimum absolute atomic E-state index is 0.0657. The van der Waals surface area contributed by atoms with Gasteiger partial charge in [0.05, 0.1) is 5.56 Å². The summed E-state index contributed by atoms with van der Waals surface area (Å²) in [6.07, 6.45) is 0.624. The molecule has 1 unspecified atom stereocenters. The third kappa shape index (κ3) is 2.54. The standard InChI is InChI=1S/C14H19N3O2/c1-3-12-13(18)16-8-9-17(12)14(19)10-6-4-5-7-11(10)15-2/h4-7,12,15H,3,8-9H2,1-2H3,(H,16,18). The van der Waals surface area contributed by atoms with Gasteiger partial charge >= 0.3 is 0 Å². The highest BCUT2D eigenvalue weighted by Gasteiger charge is 2.32. The van der Waals surface area contributed by atoms with E-state index in [0.717, 1.165) is 5.69 Å². The lowest BCUT2D eigenvalue weighted by Crippen LogP contribution is -2.56. The summed E-state index contributed by atoms with van der Waals surface area (Å²) in [5, 5.41) is 5.81. The Morgan fingerprint density at radius 2 is 2.21 bits per heavy atom. The summed E-state index contributed by atoms with van der Waals surface area (Å²) in [7, 11) is 1.78. The molecule has 0 aliphatic carbocycles. The first kappa shape index (κ1) is 13.4. The lowest BCUT2D eigenvalue weighted by Gasteiger charge is -2.34. The average Bonchev–Trinajstić information content (AvgIpc) is 2.46. The fraction of sp³-hybridized carbons (Fsp3) is 0.429. The van der Waals surface area contributed by atoms with Gasteiger partial charge in [0, 0.05) is 25.8 Å². The van der Waals surface area contributed by atoms with Gasteiger partial charge in [0.1, 0.15) is 6.04 Å². The summed E-state index contributed by atoms with van der Waals surface area (Å²) in [4.78, 5) is 26.1. The van der Waals surface area contributed by atoms with Gasteiger partial charge in [0.2, 0.25) is 5.91 Å². The molecular weight excluding hydrogens is 242 g/mol. The van der Waals surface area contributed by atoms with Gasteiger partial charge < -0.3 is 15.5 Å². The van der Waals surface area contributed by atoms with E-state index in [1.807, 2.05) is 25.1 Å². The molecule has 1 fully saturated rings. The molecule has 1 heterocycles. The van der Waals surface area contributed by atoms with E-state index >= 15 is 0 Å². The van der Waals surface area contributed by atoms with E-state index in [-0.39, 0.29) is 17.9 Å². The summed E-state index contributed by atoms with van der Waals surface area (Å²) >= 11 is 0. The van der Waals surface area contributed by atoms with Crippen LogP contribution in [-0.4, -0.2) is 42.9 Å². The van der Waals surface area contributed by atoms with Crippen LogP contribution in [-0.2, 0) is 4.79 Å². The van der Waals surface area contributed by atoms with Crippen LogP contribution in [0.25, 0.3) is 0 Å². The molecule has 1 aliphatic heterocycles. The van der Waals surface area contributed by atoms with Crippen LogP contribution in [0, 0.1) is 0 Å². The Hall–Kier alpha value is -2.04. The summed E-state index contributed by atoms with van der Waals surface area (Å²) in [5.41, 5.74) is 1.39. The van der Waals surface area contributed by atoms with Crippen molar-refractivity contribution in [3.8, 4) is 0 Å². The highest BCUT2D eigenvalue weighted by molar-refractivity contribution is 6.02. The smallest absolute Gasteiger partial charge is 0.256 e. The maximum atomic E-state index is 12.6. The van der Waals surface area contributed by atoms with Gasteiger partial charge in [-0.25, -0.2) is 0 Å². The second-order valence-corrected chi connectivity index (χ2v) is 4.51. The van der Waals surface area contributed by atoms with E-state index in [0.29, 0.717) is 25.1 Å². The number of rotatable bonds is 3. The van der Waals surface area contributed by atoms with Crippen LogP contribution in [0.2, 0.25) is 0 Å². The molecule has 0 radical (unpaired) electrons. The monoisotopic (exact) mass is 261 g/mol. The summed E-state index contributed by atoms with van der Waals surface area (Å²) < 4.78 is 0. The number of hydrogen-bond acceptors (Lipinski definition) is 3. The predicted octanol–water partition coefficient (Wildman–Crippen LogP) is 1.08. The molecule has 1 aliphatic rings. The van der Waals surface area contributed by atoms with Gasteiger partial charge in [-0.15, -0.1) is 0 Å². The molecule has 1 aromatic rings. The molecule has 0 saturated carbocycles. The number of benzene rings is 1. The van der Waals surface area contributed by atoms with E-state index in [2.05, 4.69) is 10.6 Å². The van der Waals surface area contributed by atoms with Gasteiger partial charge in [-0.3, -0.25) is 9.59 Å². The van der Waals surface area contributed by atoms with Crippen LogP contribution < -0.4 is 10.6 Å². The fourth-order valence-electron chi connectivity index (χ4n) is 2.41. The van der Waals surface area contributed by atoms with Crippen molar-refractivity contribution in [2.45, 2.75) is 19.4 Å². The minimum atomic E-state index is -0.369. The molecule has 19 heavy (non-hydrogen) atoms. The maximum Gasteiger partial charge on any atom is 0.256 e. The molecule has 0 aromatic heterocycles. The number of anilines is 1. The zero-order chi connectivity index (χ0) is 13.8. The van der Waals surface area contributed by atoms with Crippen molar-refractivity contribution in [3.63, 3.8) is 0 Å². The topological polar surface area (TPSA) is 61.4 Å². The number of nitrogens with one attached hydrogen (secondary N) is 2. The minimum Gasteiger partial charge on any atom is -0.387 e. The first-order valence-electron chi connectivity index (χ1n) is 6.54. The van der Waals surface area contributed by atoms with Gasteiger partial charge in [-0.05, 0) is 18.6 Å². The third-order valence-electron chi connectivity index (χ3n) is 3.41. The Bertz CT molecular complexity index is 487. The largest absolute Gasteiger partial charge is 0.387 e. The Morgan fingerprint density at radius 3 is 2.89 bits per heavy atom. The zero-order valence-corrected chi connectivity index (χ0v) is 11.3. The number of carbonyl (C=O) groups excluding carboxylic acids is 2. The van der Waals surface area contributed by atoms with Gasteiger partial charge in [0.15, 0.2) is 0 Å². The number of hydrogen-bond donors (Lipinski definition) is 2. The number of para-hydroxylation sites is 1. The Balaban J connectivity index is 2.29. The van der Waals surface area contributed by atoms with Gasteiger partial charge in [-0.2, -0.15) is 0 Å². The second-order valence-electron chi connectivity index (χ2n) is 4.51. The normalized spacial score (nSPS) is 18.9. The number of nitrogens with zero attached hydrogens (tertiary/aromatic N) is 1. The third-order valence-corrected chi connectivity index (χ3v) is 3.41. The highest BCUT2D eigenvalue weighted by atomic mass is 16.2. The van der Waals surface area contributed by atoms with E-state index in [4.69, 9.17) is 0 Å². The average molecular weight is 261 g/mol. The van der Waals surface area contributed by atoms with E-state index < -0.39 is 0 Å². The van der Waals surface area contributed by atoms with Crippen molar-refractivity contribution in [1.82, 2.24) is 10.2 Å². The zero-order valence-electron chi connectivity index (χ0n) is 11.3. The molecule has 0 spiro atoms. The molecule has 1 aromatic carbocycles. The van der Waals surface area contributed by atoms with Gasteiger partial charge in [-0.1, -0.05) is 19.1 Å². The van der Waals surface area contributed by atoms with E-state index in [1.165, 1.54) is 0 Å². The molecule has 1 atom stereocenters. The summed E-state index contributed by atoms with van der Waals surface area (Å²) in [5.74, 6) is -0.157. The summed E-state index contributed by atoms with van der Waals surface area (Å²) in [6, 6.07) is 6.99. The molecule has 1 saturated heterocycles. The van der Waals surface area contributed by atoms with Crippen LogP contribution in [0.1, 0.15) is 23.7 Å². The van der Waals surface area contributed by atoms with Crippen LogP contribution in [0.3, 0.4) is 0 Å². The summed E-state index contributed by atoms with van der Waals surface area (Å²) in [6.45, 7) is 2.99. The molecule has 2 amide bonds. The Morgan fingerprint density at radius 1 is 1.47 bits per heavy atom. The Kier molecular flexibility index (Phi) is 4.04. The predicted molar refractivity (Wildman–Crippen MR) is 74.1 cm³/mol. The van der Waals surface area contributed by atoms with E-state index in [1.54, 1.807) is 18.0 Å². The SMILES string of the molecule is CCC1C(=O)NCCN1C(=O)c1ccccc1NC. The quantitative estimate of drug-likeness (QED) is 0.856. The van der Waals surface area contributed by atoms with Crippen molar-refractivity contribution in [3.05, 3.63) is 29.8 Å². The molecular formula is C14H19N3O2. The number of carbonyl (C=O) groups is 2. The first-order valence-corrected chi connectivity index (χ1v) is 6.54. The van der Waals surface area contributed by atoms with Crippen molar-refractivity contribution in [2.75, 3.05) is 25.5 Å². The van der Waals surface area contributed by atoms with Crippen LogP contribution in [0.5, 0.6) is 0 Å². The van der Waals surface area contributed by atoms with Crippen LogP contribution >= 0.6 is 0 Å². The van der Waals surface area contributed by atoms with Crippen molar-refractivity contribution in [2.24, 2.45) is 0 Å². The van der Waals surface area contributed by atoms with Crippen molar-refractivity contribution < 1.29 is 9.59 Å². The number of amides is 2. The van der Waals surface area contributed by atoms with Crippen LogP contribution in [0.15, 0.2) is 24.3 Å². The molecule has 0 bridgehead atoms. The van der Waals surface area contributed by atoms with Crippen molar-refractivity contribution >= 4 is 17.5 Å². The number of piperazine rings is 1. The Labute approximate surface area is 113 Å². The molecule has 2 N–H and O–H groups in total. The second kappa shape index (κ2) is 5.73. The first-order chi connectivity index (χ1) is 9.19. The van der Waals surface area contributed by atoms with Gasteiger partial charge in [0.25, 0.3) is 5.91 Å². The highest BCUT2D eigenvalue weighted by Crippen LogP contribution is 2.19. The van der Waals surface area contributed by atoms with Crippen LogP contribution in [0.4, 0.5) is 5.69 Å². The maximum absolute atomic E-state index is 12.6. The van der Waals surface area contributed by atoms with E-state index in [9.17, 15) is 9.59 Å². The molecule has 2 rings (SSSR count). The molecule has 102 valence electrons. The molecule has 5 nitrogen and oxygen atoms in total. The lowest BCUT2D eigenvalue weighted by molar-refractivity contribution is -0.127. The molecule has 5 heteroatoms. The lowest BCUT2D eigenvalue weighted by atomic mass is 10.1.